The first kappa shape index (κ1) is 13.0. The minimum atomic E-state index is -0.864. The molecule has 1 aromatic rings. The summed E-state index contributed by atoms with van der Waals surface area (Å²) in [6.45, 7) is 0.424. The summed E-state index contributed by atoms with van der Waals surface area (Å²) in [6, 6.07) is 7.06. The Morgan fingerprint density at radius 1 is 1.12 bits per heavy atom. The Balaban J connectivity index is 2.60. The summed E-state index contributed by atoms with van der Waals surface area (Å²) in [5.74, 6) is -1.70. The molecule has 1 rings (SSSR count). The summed E-state index contributed by atoms with van der Waals surface area (Å²) in [5, 5.41) is 17.2. The number of carboxylic acids is 2. The van der Waals surface area contributed by atoms with Crippen LogP contribution in [0.3, 0.4) is 0 Å². The molecule has 0 spiro atoms. The van der Waals surface area contributed by atoms with E-state index in [2.05, 4.69) is 0 Å². The smallest absolute Gasteiger partial charge is 0.307 e. The molecule has 2 N–H and O–H groups in total. The standard InChI is InChI=1S/C12H15NO4/c1-13(7-6-11(14)15)10-4-2-9(3-5-10)8-12(16)17/h2-5H,6-8H2,1H3,(H,14,15)(H,16,17). The number of anilines is 1. The highest BCUT2D eigenvalue weighted by Crippen LogP contribution is 2.14. The van der Waals surface area contributed by atoms with E-state index in [0.717, 1.165) is 11.3 Å². The second kappa shape index (κ2) is 5.89. The Bertz CT molecular complexity index is 399. The summed E-state index contributed by atoms with van der Waals surface area (Å²) in [7, 11) is 1.80. The predicted octanol–water partition coefficient (Wildman–Crippen LogP) is 1.22. The predicted molar refractivity (Wildman–Crippen MR) is 63.3 cm³/mol. The van der Waals surface area contributed by atoms with Crippen molar-refractivity contribution in [3.8, 4) is 0 Å². The maximum absolute atomic E-state index is 10.5. The fourth-order valence-electron chi connectivity index (χ4n) is 1.44. The van der Waals surface area contributed by atoms with Crippen LogP contribution in [-0.4, -0.2) is 35.7 Å². The number of hydrogen-bond donors (Lipinski definition) is 2. The van der Waals surface area contributed by atoms with Crippen LogP contribution in [0.2, 0.25) is 0 Å². The third-order valence-corrected chi connectivity index (χ3v) is 2.39. The van der Waals surface area contributed by atoms with Crippen LogP contribution in [0.5, 0.6) is 0 Å². The molecule has 0 saturated carbocycles. The zero-order chi connectivity index (χ0) is 12.8. The van der Waals surface area contributed by atoms with Gasteiger partial charge >= 0.3 is 11.9 Å². The third kappa shape index (κ3) is 4.55. The normalized spacial score (nSPS) is 9.94. The molecular weight excluding hydrogens is 222 g/mol. The van der Waals surface area contributed by atoms with Gasteiger partial charge in [0, 0.05) is 19.3 Å². The number of nitrogens with zero attached hydrogens (tertiary/aromatic N) is 1. The first-order valence-electron chi connectivity index (χ1n) is 5.22. The highest BCUT2D eigenvalue weighted by atomic mass is 16.4. The number of aliphatic carboxylic acids is 2. The Morgan fingerprint density at radius 2 is 1.71 bits per heavy atom. The number of hydrogen-bond acceptors (Lipinski definition) is 3. The molecule has 17 heavy (non-hydrogen) atoms. The van der Waals surface area contributed by atoms with Gasteiger partial charge in [0.1, 0.15) is 0 Å². The van der Waals surface area contributed by atoms with Gasteiger partial charge in [0.15, 0.2) is 0 Å². The number of carbonyl (C=O) groups is 2. The van der Waals surface area contributed by atoms with E-state index < -0.39 is 11.9 Å². The van der Waals surface area contributed by atoms with Crippen LogP contribution < -0.4 is 4.90 Å². The minimum Gasteiger partial charge on any atom is -0.481 e. The maximum atomic E-state index is 10.5. The highest BCUT2D eigenvalue weighted by molar-refractivity contribution is 5.70. The van der Waals surface area contributed by atoms with Crippen LogP contribution in [0.15, 0.2) is 24.3 Å². The second-order valence-corrected chi connectivity index (χ2v) is 3.80. The van der Waals surface area contributed by atoms with Gasteiger partial charge in [-0.1, -0.05) is 12.1 Å². The van der Waals surface area contributed by atoms with E-state index in [0.29, 0.717) is 6.54 Å². The first-order chi connectivity index (χ1) is 7.99. The molecule has 5 nitrogen and oxygen atoms in total. The minimum absolute atomic E-state index is 0.000873. The Kier molecular flexibility index (Phi) is 4.51. The van der Waals surface area contributed by atoms with Crippen molar-refractivity contribution in [3.63, 3.8) is 0 Å². The van der Waals surface area contributed by atoms with Crippen LogP contribution in [0, 0.1) is 0 Å². The van der Waals surface area contributed by atoms with E-state index in [1.807, 2.05) is 4.90 Å². The molecule has 0 aliphatic carbocycles. The lowest BCUT2D eigenvalue weighted by atomic mass is 10.1. The van der Waals surface area contributed by atoms with Gasteiger partial charge in [-0.2, -0.15) is 0 Å². The largest absolute Gasteiger partial charge is 0.481 e. The molecule has 0 aromatic heterocycles. The third-order valence-electron chi connectivity index (χ3n) is 2.39. The fraction of sp³-hybridized carbons (Fsp3) is 0.333. The lowest BCUT2D eigenvalue weighted by molar-refractivity contribution is -0.137. The van der Waals surface area contributed by atoms with Crippen LogP contribution in [0.1, 0.15) is 12.0 Å². The van der Waals surface area contributed by atoms with E-state index in [4.69, 9.17) is 10.2 Å². The molecule has 0 atom stereocenters. The number of benzene rings is 1. The van der Waals surface area contributed by atoms with Gasteiger partial charge in [-0.3, -0.25) is 9.59 Å². The van der Waals surface area contributed by atoms with Crippen molar-refractivity contribution in [2.24, 2.45) is 0 Å². The van der Waals surface area contributed by atoms with Crippen molar-refractivity contribution in [3.05, 3.63) is 29.8 Å². The van der Waals surface area contributed by atoms with Crippen molar-refractivity contribution in [2.45, 2.75) is 12.8 Å². The zero-order valence-electron chi connectivity index (χ0n) is 9.59. The summed E-state index contributed by atoms with van der Waals surface area (Å²) in [4.78, 5) is 22.7. The molecule has 0 heterocycles. The van der Waals surface area contributed by atoms with E-state index in [1.54, 1.807) is 31.3 Å². The van der Waals surface area contributed by atoms with Crippen molar-refractivity contribution in [2.75, 3.05) is 18.5 Å². The lowest BCUT2D eigenvalue weighted by Crippen LogP contribution is -2.20. The van der Waals surface area contributed by atoms with Crippen molar-refractivity contribution in [1.29, 1.82) is 0 Å². The lowest BCUT2D eigenvalue weighted by Gasteiger charge is -2.18. The molecule has 0 saturated heterocycles. The molecule has 0 radical (unpaired) electrons. The van der Waals surface area contributed by atoms with Gasteiger partial charge in [0.05, 0.1) is 12.8 Å². The molecule has 0 aliphatic rings. The maximum Gasteiger partial charge on any atom is 0.307 e. The van der Waals surface area contributed by atoms with Gasteiger partial charge in [0.2, 0.25) is 0 Å². The monoisotopic (exact) mass is 237 g/mol. The Morgan fingerprint density at radius 3 is 2.18 bits per heavy atom. The van der Waals surface area contributed by atoms with Gasteiger partial charge in [-0.25, -0.2) is 0 Å². The van der Waals surface area contributed by atoms with E-state index in [9.17, 15) is 9.59 Å². The molecule has 0 aliphatic heterocycles. The topological polar surface area (TPSA) is 77.8 Å². The average Bonchev–Trinajstić information content (AvgIpc) is 2.26. The first-order valence-corrected chi connectivity index (χ1v) is 5.22. The average molecular weight is 237 g/mol. The summed E-state index contributed by atoms with van der Waals surface area (Å²) in [6.07, 6.45) is 0.0759. The SMILES string of the molecule is CN(CCC(=O)O)c1ccc(CC(=O)O)cc1. The summed E-state index contributed by atoms with van der Waals surface area (Å²) in [5.41, 5.74) is 1.60. The van der Waals surface area contributed by atoms with Crippen LogP contribution in [0.25, 0.3) is 0 Å². The molecule has 1 aromatic carbocycles. The van der Waals surface area contributed by atoms with Gasteiger partial charge in [-0.15, -0.1) is 0 Å². The molecule has 5 heteroatoms. The molecule has 0 amide bonds. The Hall–Kier alpha value is -2.04. The highest BCUT2D eigenvalue weighted by Gasteiger charge is 2.05. The van der Waals surface area contributed by atoms with Crippen LogP contribution in [-0.2, 0) is 16.0 Å². The number of carboxylic acid groups (broad SMARTS) is 2. The van der Waals surface area contributed by atoms with Gasteiger partial charge < -0.3 is 15.1 Å². The van der Waals surface area contributed by atoms with Crippen molar-refractivity contribution < 1.29 is 19.8 Å². The van der Waals surface area contributed by atoms with E-state index >= 15 is 0 Å². The molecule has 0 fully saturated rings. The molecule has 0 unspecified atom stereocenters. The summed E-state index contributed by atoms with van der Waals surface area (Å²) < 4.78 is 0. The summed E-state index contributed by atoms with van der Waals surface area (Å²) >= 11 is 0. The van der Waals surface area contributed by atoms with Gasteiger partial charge in [-0.05, 0) is 17.7 Å². The van der Waals surface area contributed by atoms with Crippen LogP contribution in [0.4, 0.5) is 5.69 Å². The molecular formula is C12H15NO4. The van der Waals surface area contributed by atoms with Gasteiger partial charge in [0.25, 0.3) is 0 Å². The zero-order valence-corrected chi connectivity index (χ0v) is 9.59. The number of rotatable bonds is 6. The van der Waals surface area contributed by atoms with Crippen LogP contribution >= 0.6 is 0 Å². The van der Waals surface area contributed by atoms with E-state index in [-0.39, 0.29) is 12.8 Å². The Labute approximate surface area is 99.3 Å². The van der Waals surface area contributed by atoms with Crippen molar-refractivity contribution >= 4 is 17.6 Å². The molecule has 0 bridgehead atoms. The molecule has 92 valence electrons. The second-order valence-electron chi connectivity index (χ2n) is 3.80. The van der Waals surface area contributed by atoms with E-state index in [1.165, 1.54) is 0 Å². The van der Waals surface area contributed by atoms with Crippen molar-refractivity contribution in [1.82, 2.24) is 0 Å². The quantitative estimate of drug-likeness (QED) is 0.778. The fourth-order valence-corrected chi connectivity index (χ4v) is 1.44.